The summed E-state index contributed by atoms with van der Waals surface area (Å²) in [6.07, 6.45) is 0.827. The Hall–Kier alpha value is -2.61. The molecule has 0 radical (unpaired) electrons. The Bertz CT molecular complexity index is 862. The number of hydrogen-bond acceptors (Lipinski definition) is 5. The Balaban J connectivity index is 1.72. The number of carbonyl (C=O) groups is 1. The van der Waals surface area contributed by atoms with E-state index in [1.165, 1.54) is 0 Å². The average Bonchev–Trinajstić information content (AvgIpc) is 3.19. The summed E-state index contributed by atoms with van der Waals surface area (Å²) in [4.78, 5) is 22.7. The van der Waals surface area contributed by atoms with Crippen LogP contribution in [0.2, 0.25) is 0 Å². The molecule has 2 heterocycles. The molecule has 2 aromatic rings. The molecule has 1 aromatic heterocycles. The summed E-state index contributed by atoms with van der Waals surface area (Å²) in [5.74, 6) is 1.85. The molecule has 0 saturated heterocycles. The minimum atomic E-state index is -0.0465. The van der Waals surface area contributed by atoms with E-state index in [-0.39, 0.29) is 18.5 Å². The van der Waals surface area contributed by atoms with Gasteiger partial charge in [0.1, 0.15) is 17.3 Å². The van der Waals surface area contributed by atoms with Gasteiger partial charge in [-0.3, -0.25) is 4.79 Å². The number of nitrogens with zero attached hydrogens (tertiary/aromatic N) is 3. The molecule has 1 amide bonds. The molecular formula is C21H29N5O2S. The van der Waals surface area contributed by atoms with Crippen molar-refractivity contribution in [2.75, 3.05) is 27.2 Å². The number of likely N-dealkylation sites (N-methyl/N-ethyl adjacent to an activating group) is 1. The summed E-state index contributed by atoms with van der Waals surface area (Å²) in [7, 11) is 3.46. The van der Waals surface area contributed by atoms with Gasteiger partial charge in [-0.1, -0.05) is 32.0 Å². The van der Waals surface area contributed by atoms with Crippen LogP contribution in [0.3, 0.4) is 0 Å². The van der Waals surface area contributed by atoms with E-state index < -0.39 is 0 Å². The third-order valence-electron chi connectivity index (χ3n) is 4.71. The zero-order valence-electron chi connectivity index (χ0n) is 17.4. The maximum absolute atomic E-state index is 12.0. The van der Waals surface area contributed by atoms with Crippen LogP contribution in [0.4, 0.5) is 0 Å². The molecule has 156 valence electrons. The lowest BCUT2D eigenvalue weighted by Gasteiger charge is -2.28. The molecule has 0 fully saturated rings. The number of carbonyl (C=O) groups excluding carboxylic acids is 1. The Morgan fingerprint density at radius 2 is 2.17 bits per heavy atom. The minimum Gasteiger partial charge on any atom is -0.493 e. The Morgan fingerprint density at radius 3 is 2.90 bits per heavy atom. The van der Waals surface area contributed by atoms with E-state index in [1.54, 1.807) is 30.3 Å². The number of para-hydroxylation sites is 1. The van der Waals surface area contributed by atoms with E-state index in [2.05, 4.69) is 45.9 Å². The fourth-order valence-electron chi connectivity index (χ4n) is 2.93. The van der Waals surface area contributed by atoms with Gasteiger partial charge in [-0.05, 0) is 12.0 Å². The van der Waals surface area contributed by atoms with E-state index in [4.69, 9.17) is 4.74 Å². The molecule has 0 bridgehead atoms. The van der Waals surface area contributed by atoms with E-state index in [1.807, 2.05) is 18.2 Å². The number of hydrogen-bond donors (Lipinski definition) is 2. The molecule has 29 heavy (non-hydrogen) atoms. The third kappa shape index (κ3) is 5.69. The Kier molecular flexibility index (Phi) is 7.09. The van der Waals surface area contributed by atoms with Crippen molar-refractivity contribution >= 4 is 23.2 Å². The van der Waals surface area contributed by atoms with Crippen LogP contribution in [0.15, 0.2) is 34.6 Å². The largest absolute Gasteiger partial charge is 0.493 e. The summed E-state index contributed by atoms with van der Waals surface area (Å²) in [5, 5.41) is 9.90. The number of nitrogens with one attached hydrogen (secondary N) is 2. The highest BCUT2D eigenvalue weighted by atomic mass is 32.1. The highest BCUT2D eigenvalue weighted by Crippen LogP contribution is 2.31. The van der Waals surface area contributed by atoms with Crippen molar-refractivity contribution < 1.29 is 9.53 Å². The molecule has 8 heteroatoms. The second kappa shape index (κ2) is 9.73. The topological polar surface area (TPSA) is 78.9 Å². The van der Waals surface area contributed by atoms with Gasteiger partial charge in [0, 0.05) is 31.5 Å². The first-order valence-electron chi connectivity index (χ1n) is 9.85. The highest BCUT2D eigenvalue weighted by molar-refractivity contribution is 7.09. The molecule has 3 rings (SSSR count). The maximum atomic E-state index is 12.0. The number of aliphatic imine (C=N–C) groups is 1. The van der Waals surface area contributed by atoms with Crippen molar-refractivity contribution in [2.24, 2.45) is 4.99 Å². The summed E-state index contributed by atoms with van der Waals surface area (Å²) >= 11 is 1.63. The summed E-state index contributed by atoms with van der Waals surface area (Å²) in [6.45, 7) is 5.56. The molecular weight excluding hydrogens is 386 g/mol. The third-order valence-corrected chi connectivity index (χ3v) is 5.58. The van der Waals surface area contributed by atoms with Gasteiger partial charge in [0.2, 0.25) is 5.91 Å². The normalized spacial score (nSPS) is 16.2. The molecule has 1 aliphatic rings. The lowest BCUT2D eigenvalue weighted by molar-refractivity contribution is -0.127. The number of benzene rings is 1. The van der Waals surface area contributed by atoms with E-state index in [0.29, 0.717) is 25.0 Å². The molecule has 0 saturated carbocycles. The smallest absolute Gasteiger partial charge is 0.243 e. The maximum Gasteiger partial charge on any atom is 0.243 e. The second-order valence-corrected chi connectivity index (χ2v) is 8.44. The van der Waals surface area contributed by atoms with Gasteiger partial charge in [-0.2, -0.15) is 0 Å². The van der Waals surface area contributed by atoms with Crippen LogP contribution < -0.4 is 15.4 Å². The van der Waals surface area contributed by atoms with Crippen molar-refractivity contribution in [1.82, 2.24) is 20.5 Å². The van der Waals surface area contributed by atoms with Crippen LogP contribution in [0, 0.1) is 0 Å². The molecule has 1 aromatic carbocycles. The fourth-order valence-corrected chi connectivity index (χ4v) is 3.82. The first-order chi connectivity index (χ1) is 13.9. The zero-order chi connectivity index (χ0) is 20.8. The number of rotatable bonds is 6. The zero-order valence-corrected chi connectivity index (χ0v) is 18.3. The SMILES string of the molecule is CC(C)c1csc(CNC(=NCC(=O)N(C)C)NC2CCOc3ccccc32)n1. The van der Waals surface area contributed by atoms with Crippen molar-refractivity contribution in [3.63, 3.8) is 0 Å². The number of amides is 1. The predicted molar refractivity (Wildman–Crippen MR) is 116 cm³/mol. The summed E-state index contributed by atoms with van der Waals surface area (Å²) < 4.78 is 5.75. The molecule has 1 atom stereocenters. The van der Waals surface area contributed by atoms with Gasteiger partial charge >= 0.3 is 0 Å². The van der Waals surface area contributed by atoms with Gasteiger partial charge < -0.3 is 20.3 Å². The summed E-state index contributed by atoms with van der Waals surface area (Å²) in [5.41, 5.74) is 2.20. The molecule has 1 aliphatic heterocycles. The lowest BCUT2D eigenvalue weighted by Crippen LogP contribution is -2.41. The van der Waals surface area contributed by atoms with Crippen LogP contribution in [0.1, 0.15) is 48.5 Å². The number of guanidine groups is 1. The lowest BCUT2D eigenvalue weighted by atomic mass is 10.0. The second-order valence-electron chi connectivity index (χ2n) is 7.50. The first-order valence-corrected chi connectivity index (χ1v) is 10.7. The molecule has 7 nitrogen and oxygen atoms in total. The van der Waals surface area contributed by atoms with Crippen LogP contribution in [-0.2, 0) is 11.3 Å². The number of fused-ring (bicyclic) bond motifs is 1. The monoisotopic (exact) mass is 415 g/mol. The van der Waals surface area contributed by atoms with Gasteiger partial charge in [0.05, 0.1) is 24.9 Å². The molecule has 1 unspecified atom stereocenters. The van der Waals surface area contributed by atoms with E-state index in [0.717, 1.165) is 28.4 Å². The summed E-state index contributed by atoms with van der Waals surface area (Å²) in [6, 6.07) is 8.09. The average molecular weight is 416 g/mol. The fraction of sp³-hybridized carbons (Fsp3) is 0.476. The van der Waals surface area contributed by atoms with Gasteiger partial charge in [0.15, 0.2) is 5.96 Å². The van der Waals surface area contributed by atoms with Crippen LogP contribution in [0.25, 0.3) is 0 Å². The molecule has 0 spiro atoms. The number of aromatic nitrogens is 1. The van der Waals surface area contributed by atoms with Gasteiger partial charge in [-0.25, -0.2) is 9.98 Å². The number of ether oxygens (including phenoxy) is 1. The van der Waals surface area contributed by atoms with Gasteiger partial charge in [0.25, 0.3) is 0 Å². The standard InChI is InChI=1S/C21H29N5O2S/c1-14(2)17-13-29-19(24-17)11-22-21(23-12-20(27)26(3)4)25-16-9-10-28-18-8-6-5-7-15(16)18/h5-8,13-14,16H,9-12H2,1-4H3,(H2,22,23,25). The quantitative estimate of drug-likeness (QED) is 0.560. The van der Waals surface area contributed by atoms with Gasteiger partial charge in [-0.15, -0.1) is 11.3 Å². The minimum absolute atomic E-state index is 0.0465. The molecule has 2 N–H and O–H groups in total. The Morgan fingerprint density at radius 1 is 1.38 bits per heavy atom. The van der Waals surface area contributed by atoms with Crippen LogP contribution in [-0.4, -0.2) is 49.0 Å². The van der Waals surface area contributed by atoms with E-state index >= 15 is 0 Å². The van der Waals surface area contributed by atoms with Crippen molar-refractivity contribution in [1.29, 1.82) is 0 Å². The van der Waals surface area contributed by atoms with Crippen molar-refractivity contribution in [2.45, 2.75) is 38.8 Å². The van der Waals surface area contributed by atoms with Crippen molar-refractivity contribution in [3.8, 4) is 5.75 Å². The van der Waals surface area contributed by atoms with Crippen LogP contribution in [0.5, 0.6) is 5.75 Å². The van der Waals surface area contributed by atoms with E-state index in [9.17, 15) is 4.79 Å². The predicted octanol–water partition coefficient (Wildman–Crippen LogP) is 2.91. The molecule has 0 aliphatic carbocycles. The van der Waals surface area contributed by atoms with Crippen molar-refractivity contribution in [3.05, 3.63) is 45.9 Å². The first kappa shape index (κ1) is 21.1. The number of thiazole rings is 1. The highest BCUT2D eigenvalue weighted by Gasteiger charge is 2.22. The van der Waals surface area contributed by atoms with Crippen LogP contribution >= 0.6 is 11.3 Å². The Labute approximate surface area is 176 Å².